The number of nitrogens with two attached hydrogens (primary N) is 1. The zero-order chi connectivity index (χ0) is 32.3. The van der Waals surface area contributed by atoms with Crippen LogP contribution in [0.4, 0.5) is 5.69 Å². The zero-order valence-electron chi connectivity index (χ0n) is 25.9. The second-order valence-corrected chi connectivity index (χ2v) is 11.3. The Morgan fingerprint density at radius 2 is 1.28 bits per heavy atom. The van der Waals surface area contributed by atoms with Gasteiger partial charge in [0.15, 0.2) is 12.2 Å². The van der Waals surface area contributed by atoms with Crippen molar-refractivity contribution in [2.75, 3.05) is 11.9 Å². The van der Waals surface area contributed by atoms with Crippen molar-refractivity contribution in [3.05, 3.63) is 114 Å². The fourth-order valence-electron chi connectivity index (χ4n) is 5.30. The highest BCUT2D eigenvalue weighted by molar-refractivity contribution is 6.05. The number of halogens is 1. The molecular weight excluding hydrogens is 618 g/mol. The van der Waals surface area contributed by atoms with Crippen LogP contribution in [-0.4, -0.2) is 54.5 Å². The second-order valence-electron chi connectivity index (χ2n) is 11.3. The fourth-order valence-corrected chi connectivity index (χ4v) is 5.30. The standard InChI is InChI=1S/C36H39N5O5.ClH/c37-21-10-9-19-29(34(43)39-28-20-11-17-26-16-7-8-18-27(26)28)40-35(44)31-32(46-31)36(45)41-30(22-24-12-3-1-4-13-24)33(42)38-23-25-14-5-2-6-15-25;/h1-8,11-18,20,29-32H,9-10,19,21-23,37H2,(H,38,42)(H,39,43)(H,40,44)(H,41,45);1H/t29-,30-,31?,32?;/m0./s1. The number of carbonyl (C=O) groups is 4. The third-order valence-corrected chi connectivity index (χ3v) is 7.86. The van der Waals surface area contributed by atoms with Crippen LogP contribution in [0.15, 0.2) is 103 Å². The van der Waals surface area contributed by atoms with E-state index in [1.807, 2.05) is 103 Å². The molecule has 5 rings (SSSR count). The number of hydrogen-bond donors (Lipinski definition) is 5. The predicted octanol–water partition coefficient (Wildman–Crippen LogP) is 3.63. The van der Waals surface area contributed by atoms with E-state index in [0.717, 1.165) is 21.9 Å². The van der Waals surface area contributed by atoms with E-state index < -0.39 is 36.1 Å². The van der Waals surface area contributed by atoms with Gasteiger partial charge in [-0.05, 0) is 48.4 Å². The van der Waals surface area contributed by atoms with Gasteiger partial charge in [0, 0.05) is 24.0 Å². The van der Waals surface area contributed by atoms with Crippen molar-refractivity contribution < 1.29 is 23.9 Å². The van der Waals surface area contributed by atoms with Gasteiger partial charge in [0.1, 0.15) is 12.1 Å². The number of anilines is 1. The Morgan fingerprint density at radius 1 is 0.681 bits per heavy atom. The van der Waals surface area contributed by atoms with Crippen molar-refractivity contribution in [1.82, 2.24) is 16.0 Å². The molecule has 11 heteroatoms. The number of carbonyl (C=O) groups excluding carboxylic acids is 4. The molecule has 0 aromatic heterocycles. The molecule has 1 fully saturated rings. The first-order chi connectivity index (χ1) is 22.4. The first kappa shape index (κ1) is 35.1. The highest BCUT2D eigenvalue weighted by Crippen LogP contribution is 2.25. The molecule has 4 atom stereocenters. The monoisotopic (exact) mass is 657 g/mol. The SMILES string of the molecule is Cl.NCCCC[C@H](NC(=O)C1OC1C(=O)N[C@@H](Cc1ccccc1)C(=O)NCc1ccccc1)C(=O)Nc1cccc2ccccc12. The Balaban J connectivity index is 0.00000500. The normalized spacial score (nSPS) is 16.2. The maximum atomic E-state index is 13.4. The molecule has 2 unspecified atom stereocenters. The van der Waals surface area contributed by atoms with E-state index >= 15 is 0 Å². The lowest BCUT2D eigenvalue weighted by atomic mass is 10.0. The van der Waals surface area contributed by atoms with E-state index in [2.05, 4.69) is 21.3 Å². The topological polar surface area (TPSA) is 155 Å². The van der Waals surface area contributed by atoms with Gasteiger partial charge in [-0.1, -0.05) is 97.1 Å². The van der Waals surface area contributed by atoms with Gasteiger partial charge in [-0.2, -0.15) is 0 Å². The van der Waals surface area contributed by atoms with E-state index in [1.54, 1.807) is 0 Å². The summed E-state index contributed by atoms with van der Waals surface area (Å²) in [5.41, 5.74) is 8.09. The van der Waals surface area contributed by atoms with Crippen molar-refractivity contribution in [3.63, 3.8) is 0 Å². The van der Waals surface area contributed by atoms with Gasteiger partial charge in [-0.3, -0.25) is 19.2 Å². The van der Waals surface area contributed by atoms with Gasteiger partial charge in [-0.25, -0.2) is 0 Å². The number of ether oxygens (including phenoxy) is 1. The van der Waals surface area contributed by atoms with Crippen molar-refractivity contribution in [2.45, 2.75) is 56.5 Å². The smallest absolute Gasteiger partial charge is 0.253 e. The summed E-state index contributed by atoms with van der Waals surface area (Å²) in [6.07, 6.45) is -0.219. The van der Waals surface area contributed by atoms with Crippen LogP contribution in [0.25, 0.3) is 10.8 Å². The summed E-state index contributed by atoms with van der Waals surface area (Å²) in [5, 5.41) is 13.2. The highest BCUT2D eigenvalue weighted by atomic mass is 35.5. The summed E-state index contributed by atoms with van der Waals surface area (Å²) >= 11 is 0. The molecule has 1 aliphatic rings. The molecule has 0 radical (unpaired) electrons. The van der Waals surface area contributed by atoms with Gasteiger partial charge >= 0.3 is 0 Å². The summed E-state index contributed by atoms with van der Waals surface area (Å²) in [6.45, 7) is 0.765. The number of nitrogens with one attached hydrogen (secondary N) is 4. The van der Waals surface area contributed by atoms with Crippen LogP contribution in [-0.2, 0) is 36.9 Å². The van der Waals surface area contributed by atoms with Crippen molar-refractivity contribution >= 4 is 52.5 Å². The quantitative estimate of drug-likeness (QED) is 0.0972. The summed E-state index contributed by atoms with van der Waals surface area (Å²) in [7, 11) is 0. The number of fused-ring (bicyclic) bond motifs is 1. The van der Waals surface area contributed by atoms with Crippen molar-refractivity contribution in [2.24, 2.45) is 5.73 Å². The molecule has 10 nitrogen and oxygen atoms in total. The molecule has 6 N–H and O–H groups in total. The van der Waals surface area contributed by atoms with Gasteiger partial charge < -0.3 is 31.7 Å². The van der Waals surface area contributed by atoms with Crippen LogP contribution in [0.2, 0.25) is 0 Å². The molecule has 4 amide bonds. The highest BCUT2D eigenvalue weighted by Gasteiger charge is 2.51. The van der Waals surface area contributed by atoms with E-state index in [-0.39, 0.29) is 30.6 Å². The molecule has 4 aromatic rings. The lowest BCUT2D eigenvalue weighted by molar-refractivity contribution is -0.129. The Labute approximate surface area is 280 Å². The minimum Gasteiger partial charge on any atom is -0.350 e. The Kier molecular flexibility index (Phi) is 12.9. The first-order valence-electron chi connectivity index (χ1n) is 15.5. The molecule has 1 aliphatic heterocycles. The third kappa shape index (κ3) is 9.86. The minimum atomic E-state index is -1.08. The lowest BCUT2D eigenvalue weighted by Gasteiger charge is -2.19. The average Bonchev–Trinajstić information content (AvgIpc) is 3.89. The summed E-state index contributed by atoms with van der Waals surface area (Å²) in [5.74, 6) is -1.87. The molecule has 0 aliphatic carbocycles. The third-order valence-electron chi connectivity index (χ3n) is 7.86. The van der Waals surface area contributed by atoms with Crippen molar-refractivity contribution in [1.29, 1.82) is 0 Å². The fraction of sp³-hybridized carbons (Fsp3) is 0.278. The minimum absolute atomic E-state index is 0. The van der Waals surface area contributed by atoms with Crippen LogP contribution < -0.4 is 27.0 Å². The summed E-state index contributed by atoms with van der Waals surface area (Å²) < 4.78 is 5.48. The number of amides is 4. The maximum Gasteiger partial charge on any atom is 0.253 e. The molecule has 1 saturated heterocycles. The van der Waals surface area contributed by atoms with E-state index in [9.17, 15) is 19.2 Å². The van der Waals surface area contributed by atoms with Crippen LogP contribution >= 0.6 is 12.4 Å². The van der Waals surface area contributed by atoms with Gasteiger partial charge in [-0.15, -0.1) is 12.4 Å². The predicted molar refractivity (Wildman–Crippen MR) is 184 cm³/mol. The molecular formula is C36H40ClN5O5. The summed E-state index contributed by atoms with van der Waals surface area (Å²) in [6, 6.07) is 30.4. The largest absolute Gasteiger partial charge is 0.350 e. The second kappa shape index (κ2) is 17.2. The molecule has 246 valence electrons. The Hall–Kier alpha value is -4.77. The number of epoxide rings is 1. The van der Waals surface area contributed by atoms with E-state index in [4.69, 9.17) is 10.5 Å². The molecule has 1 heterocycles. The van der Waals surface area contributed by atoms with Crippen LogP contribution in [0.3, 0.4) is 0 Å². The van der Waals surface area contributed by atoms with E-state index in [1.165, 1.54) is 0 Å². The molecule has 47 heavy (non-hydrogen) atoms. The van der Waals surface area contributed by atoms with Crippen LogP contribution in [0, 0.1) is 0 Å². The number of unbranched alkanes of at least 4 members (excludes halogenated alkanes) is 1. The van der Waals surface area contributed by atoms with Crippen molar-refractivity contribution in [3.8, 4) is 0 Å². The molecule has 0 bridgehead atoms. The number of benzene rings is 4. The summed E-state index contributed by atoms with van der Waals surface area (Å²) in [4.78, 5) is 53.0. The lowest BCUT2D eigenvalue weighted by Crippen LogP contribution is -2.50. The Morgan fingerprint density at radius 3 is 1.96 bits per heavy atom. The Bertz CT molecular complexity index is 1650. The first-order valence-corrected chi connectivity index (χ1v) is 15.5. The van der Waals surface area contributed by atoms with Gasteiger partial charge in [0.2, 0.25) is 11.8 Å². The average molecular weight is 658 g/mol. The van der Waals surface area contributed by atoms with Gasteiger partial charge in [0.25, 0.3) is 11.8 Å². The zero-order valence-corrected chi connectivity index (χ0v) is 26.7. The van der Waals surface area contributed by atoms with Gasteiger partial charge in [0.05, 0.1) is 0 Å². The number of rotatable bonds is 15. The van der Waals surface area contributed by atoms with Crippen LogP contribution in [0.1, 0.15) is 30.4 Å². The molecule has 0 spiro atoms. The molecule has 4 aromatic carbocycles. The number of hydrogen-bond acceptors (Lipinski definition) is 6. The van der Waals surface area contributed by atoms with Crippen LogP contribution in [0.5, 0.6) is 0 Å². The maximum absolute atomic E-state index is 13.4. The molecule has 0 saturated carbocycles. The van der Waals surface area contributed by atoms with E-state index in [0.29, 0.717) is 38.0 Å².